The molecule has 3 heteroatoms. The maximum Gasteiger partial charge on any atom is 0.162 e. The molecule has 0 aliphatic carbocycles. The molecule has 0 saturated carbocycles. The van der Waals surface area contributed by atoms with Crippen molar-refractivity contribution in [3.05, 3.63) is 41.8 Å². The summed E-state index contributed by atoms with van der Waals surface area (Å²) >= 11 is 0. The number of benzene rings is 1. The first-order valence-corrected chi connectivity index (χ1v) is 4.53. The Morgan fingerprint density at radius 2 is 2.00 bits per heavy atom. The zero-order valence-electron chi connectivity index (χ0n) is 8.43. The SMILES string of the molecule is CN(C)CC[CH]c1cccc(F)c1F. The summed E-state index contributed by atoms with van der Waals surface area (Å²) < 4.78 is 25.9. The van der Waals surface area contributed by atoms with Crippen LogP contribution in [0.25, 0.3) is 0 Å². The summed E-state index contributed by atoms with van der Waals surface area (Å²) in [7, 11) is 3.88. The van der Waals surface area contributed by atoms with E-state index in [9.17, 15) is 8.78 Å². The van der Waals surface area contributed by atoms with Gasteiger partial charge in [0.05, 0.1) is 0 Å². The van der Waals surface area contributed by atoms with E-state index in [0.29, 0.717) is 12.0 Å². The van der Waals surface area contributed by atoms with Gasteiger partial charge in [-0.05, 0) is 45.1 Å². The van der Waals surface area contributed by atoms with Crippen LogP contribution in [0.15, 0.2) is 18.2 Å². The molecule has 77 valence electrons. The fourth-order valence-electron chi connectivity index (χ4n) is 1.16. The third kappa shape index (κ3) is 3.07. The first-order chi connectivity index (χ1) is 6.61. The van der Waals surface area contributed by atoms with Gasteiger partial charge in [0.1, 0.15) is 0 Å². The van der Waals surface area contributed by atoms with E-state index in [4.69, 9.17) is 0 Å². The largest absolute Gasteiger partial charge is 0.309 e. The smallest absolute Gasteiger partial charge is 0.162 e. The minimum Gasteiger partial charge on any atom is -0.309 e. The Morgan fingerprint density at radius 3 is 2.64 bits per heavy atom. The highest BCUT2D eigenvalue weighted by Gasteiger charge is 2.06. The predicted octanol–water partition coefficient (Wildman–Crippen LogP) is 2.47. The second kappa shape index (κ2) is 5.05. The van der Waals surface area contributed by atoms with Gasteiger partial charge in [-0.15, -0.1) is 0 Å². The molecule has 0 fully saturated rings. The first kappa shape index (κ1) is 11.1. The molecule has 0 unspecified atom stereocenters. The molecule has 0 aliphatic heterocycles. The molecule has 0 N–H and O–H groups in total. The van der Waals surface area contributed by atoms with Crippen LogP contribution in [0, 0.1) is 18.1 Å². The molecule has 14 heavy (non-hydrogen) atoms. The van der Waals surface area contributed by atoms with Gasteiger partial charge in [-0.25, -0.2) is 8.78 Å². The highest BCUT2D eigenvalue weighted by atomic mass is 19.2. The molecular formula is C11H14F2N. The van der Waals surface area contributed by atoms with Gasteiger partial charge in [-0.3, -0.25) is 0 Å². The lowest BCUT2D eigenvalue weighted by Gasteiger charge is -2.09. The lowest BCUT2D eigenvalue weighted by molar-refractivity contribution is 0.412. The molecule has 1 nitrogen and oxygen atoms in total. The van der Waals surface area contributed by atoms with E-state index in [0.717, 1.165) is 12.6 Å². The third-order valence-corrected chi connectivity index (χ3v) is 1.92. The standard InChI is InChI=1S/C11H14F2N/c1-14(2)8-4-6-9-5-3-7-10(12)11(9)13/h3,5-7H,4,8H2,1-2H3. The maximum atomic E-state index is 13.1. The topological polar surface area (TPSA) is 3.24 Å². The molecule has 0 bridgehead atoms. The summed E-state index contributed by atoms with van der Waals surface area (Å²) in [6.45, 7) is 0.829. The lowest BCUT2D eigenvalue weighted by Crippen LogP contribution is -2.13. The van der Waals surface area contributed by atoms with Crippen molar-refractivity contribution in [2.75, 3.05) is 20.6 Å². The molecule has 0 aliphatic rings. The molecule has 1 aromatic carbocycles. The molecule has 0 heterocycles. The van der Waals surface area contributed by atoms with Gasteiger partial charge >= 0.3 is 0 Å². The maximum absolute atomic E-state index is 13.1. The van der Waals surface area contributed by atoms with Crippen LogP contribution in [0.3, 0.4) is 0 Å². The van der Waals surface area contributed by atoms with E-state index >= 15 is 0 Å². The molecule has 0 spiro atoms. The monoisotopic (exact) mass is 198 g/mol. The van der Waals surface area contributed by atoms with Crippen molar-refractivity contribution in [1.29, 1.82) is 0 Å². The zero-order valence-corrected chi connectivity index (χ0v) is 8.43. The van der Waals surface area contributed by atoms with E-state index in [1.807, 2.05) is 19.0 Å². The first-order valence-electron chi connectivity index (χ1n) is 4.53. The van der Waals surface area contributed by atoms with Crippen LogP contribution in [-0.2, 0) is 0 Å². The van der Waals surface area contributed by atoms with Crippen LogP contribution < -0.4 is 0 Å². The normalized spacial score (nSPS) is 10.9. The minimum atomic E-state index is -0.788. The highest BCUT2D eigenvalue weighted by Crippen LogP contribution is 2.14. The van der Waals surface area contributed by atoms with Crippen molar-refractivity contribution in [2.45, 2.75) is 6.42 Å². The van der Waals surface area contributed by atoms with E-state index in [-0.39, 0.29) is 0 Å². The number of rotatable bonds is 4. The molecule has 1 rings (SSSR count). The van der Waals surface area contributed by atoms with Gasteiger partial charge in [0.25, 0.3) is 0 Å². The van der Waals surface area contributed by atoms with Crippen molar-refractivity contribution in [3.8, 4) is 0 Å². The van der Waals surface area contributed by atoms with Gasteiger partial charge in [0, 0.05) is 0 Å². The van der Waals surface area contributed by atoms with E-state index < -0.39 is 11.6 Å². The quantitative estimate of drug-likeness (QED) is 0.718. The second-order valence-electron chi connectivity index (χ2n) is 3.44. The summed E-state index contributed by atoms with van der Waals surface area (Å²) in [5.74, 6) is -1.55. The number of hydrogen-bond donors (Lipinski definition) is 0. The van der Waals surface area contributed by atoms with Crippen LogP contribution >= 0.6 is 0 Å². The Morgan fingerprint density at radius 1 is 1.29 bits per heavy atom. The van der Waals surface area contributed by atoms with Crippen LogP contribution in [0.2, 0.25) is 0 Å². The van der Waals surface area contributed by atoms with Crippen LogP contribution in [-0.4, -0.2) is 25.5 Å². The van der Waals surface area contributed by atoms with Gasteiger partial charge < -0.3 is 4.90 Å². The van der Waals surface area contributed by atoms with Crippen molar-refractivity contribution >= 4 is 0 Å². The Kier molecular flexibility index (Phi) is 4.01. The Labute approximate surface area is 83.3 Å². The fraction of sp³-hybridized carbons (Fsp3) is 0.364. The van der Waals surface area contributed by atoms with E-state index in [1.165, 1.54) is 6.07 Å². The summed E-state index contributed by atoms with van der Waals surface area (Å²) in [6, 6.07) is 4.21. The summed E-state index contributed by atoms with van der Waals surface area (Å²) in [5, 5.41) is 0. The molecular weight excluding hydrogens is 184 g/mol. The fourth-order valence-corrected chi connectivity index (χ4v) is 1.16. The summed E-state index contributed by atoms with van der Waals surface area (Å²) in [4.78, 5) is 1.99. The molecule has 0 amide bonds. The highest BCUT2D eigenvalue weighted by molar-refractivity contribution is 5.25. The predicted molar refractivity (Wildman–Crippen MR) is 52.9 cm³/mol. The number of hydrogen-bond acceptors (Lipinski definition) is 1. The molecule has 0 aromatic heterocycles. The minimum absolute atomic E-state index is 0.340. The van der Waals surface area contributed by atoms with E-state index in [2.05, 4.69) is 0 Å². The van der Waals surface area contributed by atoms with Gasteiger partial charge in [-0.1, -0.05) is 12.1 Å². The Balaban J connectivity index is 2.54. The Bertz CT molecular complexity index is 297. The number of nitrogens with zero attached hydrogens (tertiary/aromatic N) is 1. The van der Waals surface area contributed by atoms with Gasteiger partial charge in [0.2, 0.25) is 0 Å². The average molecular weight is 198 g/mol. The van der Waals surface area contributed by atoms with Crippen LogP contribution in [0.5, 0.6) is 0 Å². The van der Waals surface area contributed by atoms with Crippen molar-refractivity contribution < 1.29 is 8.78 Å². The molecule has 1 radical (unpaired) electrons. The van der Waals surface area contributed by atoms with Crippen molar-refractivity contribution in [3.63, 3.8) is 0 Å². The third-order valence-electron chi connectivity index (χ3n) is 1.92. The van der Waals surface area contributed by atoms with Gasteiger partial charge in [0.15, 0.2) is 11.6 Å². The van der Waals surface area contributed by atoms with Crippen molar-refractivity contribution in [1.82, 2.24) is 4.90 Å². The average Bonchev–Trinajstić information content (AvgIpc) is 2.12. The molecule has 1 aromatic rings. The van der Waals surface area contributed by atoms with Crippen LogP contribution in [0.1, 0.15) is 12.0 Å². The zero-order chi connectivity index (χ0) is 10.6. The molecule has 0 atom stereocenters. The van der Waals surface area contributed by atoms with Crippen LogP contribution in [0.4, 0.5) is 8.78 Å². The van der Waals surface area contributed by atoms with Crippen molar-refractivity contribution in [2.24, 2.45) is 0 Å². The van der Waals surface area contributed by atoms with E-state index in [1.54, 1.807) is 12.5 Å². The molecule has 0 saturated heterocycles. The lowest BCUT2D eigenvalue weighted by atomic mass is 10.1. The van der Waals surface area contributed by atoms with Gasteiger partial charge in [-0.2, -0.15) is 0 Å². The summed E-state index contributed by atoms with van der Waals surface area (Å²) in [5.41, 5.74) is 0.340. The number of halogens is 2. The summed E-state index contributed by atoms with van der Waals surface area (Å²) in [6.07, 6.45) is 2.42. The second-order valence-corrected chi connectivity index (χ2v) is 3.44. The Hall–Kier alpha value is -0.960.